The molecule has 0 bridgehead atoms. The van der Waals surface area contributed by atoms with Crippen LogP contribution in [-0.4, -0.2) is 46.5 Å². The molecule has 2 N–H and O–H groups in total. The lowest BCUT2D eigenvalue weighted by molar-refractivity contribution is 0.0160. The predicted molar refractivity (Wildman–Crippen MR) is 130 cm³/mol. The molecule has 1 fully saturated rings. The SMILES string of the molecule is CCc1ccc(C(=O)O)c(CC(C)(C)Cc2nn(CC)c3c2CC2(CCOCC2)CNC3=O)c1. The van der Waals surface area contributed by atoms with Crippen molar-refractivity contribution in [2.75, 3.05) is 19.8 Å². The molecule has 0 unspecified atom stereocenters. The minimum atomic E-state index is -0.893. The maximum Gasteiger partial charge on any atom is 0.335 e. The molecular weight excluding hydrogens is 430 g/mol. The molecule has 34 heavy (non-hydrogen) atoms. The molecule has 2 aliphatic rings. The normalized spacial score (nSPS) is 17.8. The van der Waals surface area contributed by atoms with E-state index in [4.69, 9.17) is 9.84 Å². The largest absolute Gasteiger partial charge is 0.478 e. The minimum absolute atomic E-state index is 0.00555. The molecule has 4 rings (SSSR count). The fourth-order valence-electron chi connectivity index (χ4n) is 5.56. The van der Waals surface area contributed by atoms with Gasteiger partial charge < -0.3 is 15.2 Å². The van der Waals surface area contributed by atoms with Crippen molar-refractivity contribution in [1.29, 1.82) is 0 Å². The van der Waals surface area contributed by atoms with Gasteiger partial charge in [0.15, 0.2) is 0 Å². The summed E-state index contributed by atoms with van der Waals surface area (Å²) in [5.74, 6) is -0.934. The number of hydrogen-bond acceptors (Lipinski definition) is 4. The molecule has 1 spiro atoms. The first-order valence-electron chi connectivity index (χ1n) is 12.5. The van der Waals surface area contributed by atoms with Crippen molar-refractivity contribution >= 4 is 11.9 Å². The summed E-state index contributed by atoms with van der Waals surface area (Å²) in [4.78, 5) is 25.0. The van der Waals surface area contributed by atoms with E-state index in [0.29, 0.717) is 37.2 Å². The number of aromatic carboxylic acids is 1. The number of hydrogen-bond donors (Lipinski definition) is 2. The number of carboxylic acid groups (broad SMARTS) is 1. The molecule has 7 heteroatoms. The molecule has 0 aliphatic carbocycles. The molecule has 2 aromatic rings. The van der Waals surface area contributed by atoms with E-state index in [2.05, 4.69) is 26.1 Å². The van der Waals surface area contributed by atoms with Crippen LogP contribution in [0.1, 0.15) is 83.8 Å². The molecule has 0 atom stereocenters. The first-order valence-corrected chi connectivity index (χ1v) is 12.5. The number of benzene rings is 1. The number of fused-ring (bicyclic) bond motifs is 1. The van der Waals surface area contributed by atoms with E-state index < -0.39 is 5.97 Å². The number of aryl methyl sites for hydroxylation is 2. The maximum absolute atomic E-state index is 13.1. The molecule has 0 radical (unpaired) electrons. The average Bonchev–Trinajstić information content (AvgIpc) is 3.06. The lowest BCUT2D eigenvalue weighted by atomic mass is 9.74. The number of aromatic nitrogens is 2. The van der Waals surface area contributed by atoms with Crippen molar-refractivity contribution in [1.82, 2.24) is 15.1 Å². The highest BCUT2D eigenvalue weighted by Crippen LogP contribution is 2.39. The third kappa shape index (κ3) is 4.90. The summed E-state index contributed by atoms with van der Waals surface area (Å²) >= 11 is 0. The van der Waals surface area contributed by atoms with Crippen LogP contribution in [0.5, 0.6) is 0 Å². The Morgan fingerprint density at radius 1 is 1.24 bits per heavy atom. The smallest absolute Gasteiger partial charge is 0.335 e. The highest BCUT2D eigenvalue weighted by atomic mass is 16.5. The number of carboxylic acids is 1. The average molecular weight is 468 g/mol. The zero-order chi connectivity index (χ0) is 24.5. The Kier molecular flexibility index (Phi) is 6.85. The maximum atomic E-state index is 13.1. The number of nitrogens with zero attached hydrogens (tertiary/aromatic N) is 2. The summed E-state index contributed by atoms with van der Waals surface area (Å²) in [6.07, 6.45) is 4.85. The zero-order valence-electron chi connectivity index (χ0n) is 20.9. The van der Waals surface area contributed by atoms with Crippen LogP contribution in [0.2, 0.25) is 0 Å². The summed E-state index contributed by atoms with van der Waals surface area (Å²) in [7, 11) is 0. The van der Waals surface area contributed by atoms with Gasteiger partial charge in [-0.3, -0.25) is 9.48 Å². The third-order valence-corrected chi connectivity index (χ3v) is 7.50. The highest BCUT2D eigenvalue weighted by Gasteiger charge is 2.40. The fourth-order valence-corrected chi connectivity index (χ4v) is 5.56. The molecule has 7 nitrogen and oxygen atoms in total. The number of nitrogens with one attached hydrogen (secondary N) is 1. The molecule has 3 heterocycles. The molecule has 1 saturated heterocycles. The lowest BCUT2D eigenvalue weighted by Gasteiger charge is -2.36. The Morgan fingerprint density at radius 3 is 2.62 bits per heavy atom. The topological polar surface area (TPSA) is 93.4 Å². The van der Waals surface area contributed by atoms with Crippen LogP contribution in [-0.2, 0) is 37.0 Å². The summed E-state index contributed by atoms with van der Waals surface area (Å²) in [5.41, 5.74) is 4.85. The van der Waals surface area contributed by atoms with Crippen LogP contribution >= 0.6 is 0 Å². The Hall–Kier alpha value is -2.67. The van der Waals surface area contributed by atoms with Crippen molar-refractivity contribution in [3.8, 4) is 0 Å². The van der Waals surface area contributed by atoms with E-state index in [1.54, 1.807) is 6.07 Å². The number of ether oxygens (including phenoxy) is 1. The second-order valence-corrected chi connectivity index (χ2v) is 10.7. The van der Waals surface area contributed by atoms with E-state index in [-0.39, 0.29) is 16.7 Å². The van der Waals surface area contributed by atoms with Gasteiger partial charge in [-0.05, 0) is 73.5 Å². The van der Waals surface area contributed by atoms with E-state index >= 15 is 0 Å². The minimum Gasteiger partial charge on any atom is -0.478 e. The van der Waals surface area contributed by atoms with Gasteiger partial charge in [-0.1, -0.05) is 32.9 Å². The van der Waals surface area contributed by atoms with Gasteiger partial charge in [0.05, 0.1) is 11.3 Å². The first kappa shape index (κ1) is 24.5. The van der Waals surface area contributed by atoms with Crippen LogP contribution in [0.3, 0.4) is 0 Å². The second kappa shape index (κ2) is 9.53. The summed E-state index contributed by atoms with van der Waals surface area (Å²) in [6.45, 7) is 11.2. The van der Waals surface area contributed by atoms with Gasteiger partial charge >= 0.3 is 5.97 Å². The van der Waals surface area contributed by atoms with E-state index in [9.17, 15) is 14.7 Å². The lowest BCUT2D eigenvalue weighted by Crippen LogP contribution is -2.40. The van der Waals surface area contributed by atoms with Gasteiger partial charge in [-0.25, -0.2) is 4.79 Å². The van der Waals surface area contributed by atoms with E-state index in [1.807, 2.05) is 23.7 Å². The van der Waals surface area contributed by atoms with Crippen molar-refractivity contribution in [2.24, 2.45) is 10.8 Å². The third-order valence-electron chi connectivity index (χ3n) is 7.50. The van der Waals surface area contributed by atoms with Gasteiger partial charge in [0.25, 0.3) is 5.91 Å². The van der Waals surface area contributed by atoms with Crippen LogP contribution in [0.4, 0.5) is 0 Å². The summed E-state index contributed by atoms with van der Waals surface area (Å²) in [5, 5.41) is 17.8. The molecule has 2 aliphatic heterocycles. The van der Waals surface area contributed by atoms with Crippen molar-refractivity contribution in [3.63, 3.8) is 0 Å². The van der Waals surface area contributed by atoms with Crippen LogP contribution in [0, 0.1) is 10.8 Å². The Morgan fingerprint density at radius 2 is 1.97 bits per heavy atom. The van der Waals surface area contributed by atoms with Crippen molar-refractivity contribution in [3.05, 3.63) is 51.8 Å². The van der Waals surface area contributed by atoms with Gasteiger partial charge in [0.2, 0.25) is 0 Å². The van der Waals surface area contributed by atoms with Crippen molar-refractivity contribution < 1.29 is 19.4 Å². The van der Waals surface area contributed by atoms with Gasteiger partial charge in [0.1, 0.15) is 5.69 Å². The fraction of sp³-hybridized carbons (Fsp3) is 0.593. The van der Waals surface area contributed by atoms with Crippen LogP contribution in [0.25, 0.3) is 0 Å². The monoisotopic (exact) mass is 467 g/mol. The summed E-state index contributed by atoms with van der Waals surface area (Å²) < 4.78 is 7.47. The van der Waals surface area contributed by atoms with Gasteiger partial charge in [0, 0.05) is 31.9 Å². The van der Waals surface area contributed by atoms with Crippen LogP contribution in [0.15, 0.2) is 18.2 Å². The van der Waals surface area contributed by atoms with Gasteiger partial charge in [-0.2, -0.15) is 5.10 Å². The molecule has 1 aromatic carbocycles. The summed E-state index contributed by atoms with van der Waals surface area (Å²) in [6, 6.07) is 5.65. The Labute approximate surface area is 201 Å². The quantitative estimate of drug-likeness (QED) is 0.641. The molecule has 184 valence electrons. The second-order valence-electron chi connectivity index (χ2n) is 10.7. The van der Waals surface area contributed by atoms with Gasteiger partial charge in [-0.15, -0.1) is 0 Å². The van der Waals surface area contributed by atoms with E-state index in [0.717, 1.165) is 61.3 Å². The first-order chi connectivity index (χ1) is 16.2. The predicted octanol–water partition coefficient (Wildman–Crippen LogP) is 4.06. The number of rotatable bonds is 7. The molecule has 0 saturated carbocycles. The van der Waals surface area contributed by atoms with Crippen LogP contribution < -0.4 is 5.32 Å². The van der Waals surface area contributed by atoms with E-state index in [1.165, 1.54) is 0 Å². The number of carbonyl (C=O) groups excluding carboxylic acids is 1. The zero-order valence-corrected chi connectivity index (χ0v) is 20.9. The molecular formula is C27H37N3O4. The Bertz CT molecular complexity index is 1080. The molecule has 1 aromatic heterocycles. The Balaban J connectivity index is 1.68. The standard InChI is InChI=1S/C27H37N3O4/c1-5-18-7-8-20(25(32)33)19(13-18)14-26(3,4)16-22-21-15-27(9-11-34-12-10-27)17-28-24(31)23(21)30(6-2)29-22/h7-8,13H,5-6,9-12,14-17H2,1-4H3,(H,28,31)(H,32,33). The number of amides is 1. The number of carbonyl (C=O) groups is 2. The molecule has 1 amide bonds. The highest BCUT2D eigenvalue weighted by molar-refractivity contribution is 5.95. The van der Waals surface area contributed by atoms with Crippen molar-refractivity contribution in [2.45, 2.75) is 72.8 Å².